The van der Waals surface area contributed by atoms with E-state index in [4.69, 9.17) is 14.7 Å². The predicted octanol–water partition coefficient (Wildman–Crippen LogP) is 1.56. The van der Waals surface area contributed by atoms with Crippen LogP contribution in [-0.4, -0.2) is 73.6 Å². The summed E-state index contributed by atoms with van der Waals surface area (Å²) in [5.74, 6) is 0.489. The van der Waals surface area contributed by atoms with Crippen LogP contribution in [0.3, 0.4) is 0 Å². The van der Waals surface area contributed by atoms with Crippen LogP contribution in [0.5, 0.6) is 11.8 Å². The summed E-state index contributed by atoms with van der Waals surface area (Å²) in [5.41, 5.74) is 3.00. The van der Waals surface area contributed by atoms with Gasteiger partial charge in [0.2, 0.25) is 0 Å². The molecule has 186 valence electrons. The van der Waals surface area contributed by atoms with E-state index in [2.05, 4.69) is 44.6 Å². The van der Waals surface area contributed by atoms with Crippen molar-refractivity contribution in [3.8, 4) is 11.8 Å². The van der Waals surface area contributed by atoms with Crippen LogP contribution in [0.1, 0.15) is 30.0 Å². The van der Waals surface area contributed by atoms with Crippen LogP contribution in [0, 0.1) is 0 Å². The van der Waals surface area contributed by atoms with Gasteiger partial charge in [-0.25, -0.2) is 4.98 Å². The Labute approximate surface area is 207 Å². The molecule has 4 heterocycles. The molecule has 36 heavy (non-hydrogen) atoms. The number of nitrogens with one attached hydrogen (secondary N) is 2. The van der Waals surface area contributed by atoms with Crippen LogP contribution < -0.4 is 16.0 Å². The predicted molar refractivity (Wildman–Crippen MR) is 135 cm³/mol. The zero-order valence-electron chi connectivity index (χ0n) is 19.8. The van der Waals surface area contributed by atoms with Crippen LogP contribution >= 0.6 is 0 Å². The smallest absolute Gasteiger partial charge is 0.198 e. The van der Waals surface area contributed by atoms with Crippen molar-refractivity contribution < 1.29 is 14.9 Å². The minimum atomic E-state index is -0.112. The number of ether oxygens (including phenoxy) is 1. The van der Waals surface area contributed by atoms with Crippen LogP contribution in [-0.2, 0) is 4.74 Å². The molecule has 3 aromatic heterocycles. The van der Waals surface area contributed by atoms with Gasteiger partial charge in [-0.05, 0) is 24.5 Å². The summed E-state index contributed by atoms with van der Waals surface area (Å²) < 4.78 is 7.27. The van der Waals surface area contributed by atoms with Crippen LogP contribution in [0.15, 0.2) is 53.7 Å². The second kappa shape index (κ2) is 9.63. The number of hydrogen-bond acceptors (Lipinski definition) is 8. The van der Waals surface area contributed by atoms with Crippen molar-refractivity contribution in [1.29, 1.82) is 0 Å². The van der Waals surface area contributed by atoms with Crippen molar-refractivity contribution in [2.75, 3.05) is 38.2 Å². The Morgan fingerprint density at radius 3 is 2.69 bits per heavy atom. The number of aromatic hydroxyl groups is 2. The summed E-state index contributed by atoms with van der Waals surface area (Å²) >= 11 is 0. The van der Waals surface area contributed by atoms with E-state index in [9.17, 15) is 10.2 Å². The van der Waals surface area contributed by atoms with E-state index in [1.54, 1.807) is 16.8 Å². The maximum absolute atomic E-state index is 10.1. The Hall–Kier alpha value is -3.89. The summed E-state index contributed by atoms with van der Waals surface area (Å²) in [7, 11) is 0. The van der Waals surface area contributed by atoms with Gasteiger partial charge in [0.15, 0.2) is 22.9 Å². The van der Waals surface area contributed by atoms with Gasteiger partial charge in [0.05, 0.1) is 31.5 Å². The fourth-order valence-electron chi connectivity index (χ4n) is 4.49. The first-order valence-electron chi connectivity index (χ1n) is 12.3. The first kappa shape index (κ1) is 22.6. The summed E-state index contributed by atoms with van der Waals surface area (Å²) in [6.45, 7) is 4.10. The summed E-state index contributed by atoms with van der Waals surface area (Å²) in [6, 6.07) is 14.1. The molecule has 10 heteroatoms. The molecule has 4 aromatic rings. The molecule has 1 saturated carbocycles. The second-order valence-electron chi connectivity index (χ2n) is 9.32. The van der Waals surface area contributed by atoms with Crippen molar-refractivity contribution in [3.63, 3.8) is 0 Å². The minimum absolute atomic E-state index is 0.0223. The van der Waals surface area contributed by atoms with E-state index >= 15 is 0 Å². The number of hydrogen-bond donors (Lipinski definition) is 4. The largest absolute Gasteiger partial charge is 0.494 e. The zero-order valence-corrected chi connectivity index (χ0v) is 19.8. The molecule has 10 nitrogen and oxygen atoms in total. The molecule has 1 saturated heterocycles. The highest BCUT2D eigenvalue weighted by molar-refractivity contribution is 5.62. The number of aromatic amines is 1. The third-order valence-electron chi connectivity index (χ3n) is 6.53. The molecule has 1 aliphatic heterocycles. The molecule has 0 bridgehead atoms. The Kier molecular flexibility index (Phi) is 6.04. The first-order valence-corrected chi connectivity index (χ1v) is 12.3. The molecule has 1 aliphatic carbocycles. The standard InChI is InChI=1S/C26H29N7O3/c34-24-13-18(26(35)31-24)12-19-15-27-33-23(28-20-6-7-20)14-22(30-25(19)33)29-21(17-4-2-1-3-5-17)16-32-8-10-36-11-9-32/h1-5,12-15,20-21,29,31,34-35H,6-11,16H2. The average molecular weight is 488 g/mol. The first-order chi connectivity index (χ1) is 17.6. The number of morpholine rings is 1. The van der Waals surface area contributed by atoms with Gasteiger partial charge in [0.25, 0.3) is 0 Å². The normalized spacial score (nSPS) is 18.7. The van der Waals surface area contributed by atoms with Crippen LogP contribution in [0.25, 0.3) is 11.7 Å². The van der Waals surface area contributed by atoms with Crippen LogP contribution in [0.4, 0.5) is 5.82 Å². The summed E-state index contributed by atoms with van der Waals surface area (Å²) in [6.07, 6.45) is 5.60. The van der Waals surface area contributed by atoms with Crippen molar-refractivity contribution in [3.05, 3.63) is 70.5 Å². The maximum atomic E-state index is 10.1. The number of rotatable bonds is 7. The van der Waals surface area contributed by atoms with Gasteiger partial charge >= 0.3 is 0 Å². The summed E-state index contributed by atoms with van der Waals surface area (Å²) in [5, 5.41) is 28.7. The van der Waals surface area contributed by atoms with Crippen LogP contribution in [0.2, 0.25) is 0 Å². The second-order valence-corrected chi connectivity index (χ2v) is 9.32. The number of aromatic nitrogens is 4. The van der Waals surface area contributed by atoms with Gasteiger partial charge < -0.3 is 20.3 Å². The Morgan fingerprint density at radius 1 is 1.17 bits per heavy atom. The van der Waals surface area contributed by atoms with E-state index in [-0.39, 0.29) is 17.8 Å². The molecular weight excluding hydrogens is 458 g/mol. The number of nitrogens with zero attached hydrogens (tertiary/aromatic N) is 5. The van der Waals surface area contributed by atoms with Gasteiger partial charge in [-0.2, -0.15) is 9.61 Å². The van der Waals surface area contributed by atoms with Gasteiger partial charge in [-0.15, -0.1) is 0 Å². The molecule has 6 rings (SSSR count). The van der Waals surface area contributed by atoms with Crippen molar-refractivity contribution >= 4 is 17.5 Å². The Balaban J connectivity index is 1.42. The lowest BCUT2D eigenvalue weighted by molar-refractivity contribution is 0.0360. The van der Waals surface area contributed by atoms with E-state index in [1.165, 1.54) is 11.6 Å². The number of H-pyrrole nitrogens is 1. The Bertz CT molecular complexity index is 1470. The van der Waals surface area contributed by atoms with E-state index in [1.807, 2.05) is 12.1 Å². The molecule has 2 fully saturated rings. The molecule has 0 spiro atoms. The molecule has 1 atom stereocenters. The van der Waals surface area contributed by atoms with E-state index in [0.717, 1.165) is 51.2 Å². The molecule has 1 unspecified atom stereocenters. The third kappa shape index (κ3) is 4.91. The maximum Gasteiger partial charge on any atom is 0.198 e. The molecule has 0 radical (unpaired) electrons. The van der Waals surface area contributed by atoms with Gasteiger partial charge in [-0.1, -0.05) is 30.3 Å². The van der Waals surface area contributed by atoms with Crippen molar-refractivity contribution in [1.82, 2.24) is 24.5 Å². The van der Waals surface area contributed by atoms with Gasteiger partial charge in [0, 0.05) is 42.5 Å². The monoisotopic (exact) mass is 487 g/mol. The van der Waals surface area contributed by atoms with E-state index in [0.29, 0.717) is 28.3 Å². The average Bonchev–Trinajstić information content (AvgIpc) is 3.53. The van der Waals surface area contributed by atoms with Gasteiger partial charge in [0.1, 0.15) is 5.82 Å². The molecule has 1 aromatic carbocycles. The fourth-order valence-corrected chi connectivity index (χ4v) is 4.49. The lowest BCUT2D eigenvalue weighted by atomic mass is 10.1. The highest BCUT2D eigenvalue weighted by Crippen LogP contribution is 2.24. The van der Waals surface area contributed by atoms with Crippen molar-refractivity contribution in [2.45, 2.75) is 24.9 Å². The molecule has 4 N–H and O–H groups in total. The minimum Gasteiger partial charge on any atom is -0.494 e. The zero-order chi connectivity index (χ0) is 24.5. The third-order valence-corrected chi connectivity index (χ3v) is 6.53. The molecule has 0 amide bonds. The topological polar surface area (TPSA) is 123 Å². The van der Waals surface area contributed by atoms with E-state index < -0.39 is 0 Å². The Morgan fingerprint density at radius 2 is 1.97 bits per heavy atom. The highest BCUT2D eigenvalue weighted by Gasteiger charge is 2.22. The molecule has 2 aliphatic rings. The number of fused-ring (bicyclic) bond motifs is 1. The fraction of sp³-hybridized carbons (Fsp3) is 0.346. The quantitative estimate of drug-likeness (QED) is 0.312. The lowest BCUT2D eigenvalue weighted by Crippen LogP contribution is -2.40. The number of benzene rings is 1. The number of anilines is 1. The lowest BCUT2D eigenvalue weighted by Gasteiger charge is -2.31. The SMILES string of the molecule is Oc1cc(C=c2cnn3c(=NC4CC4)cc(NC(CN4CCOCC4)c4ccccc4)nc23)c(O)[nH]1. The highest BCUT2D eigenvalue weighted by atomic mass is 16.5. The van der Waals surface area contributed by atoms with Crippen molar-refractivity contribution in [2.24, 2.45) is 4.99 Å². The summed E-state index contributed by atoms with van der Waals surface area (Å²) in [4.78, 5) is 14.7. The molecular formula is C26H29N7O3. The van der Waals surface area contributed by atoms with Gasteiger partial charge in [-0.3, -0.25) is 14.9 Å².